The molecule has 2 nitrogen and oxygen atoms in total. The van der Waals surface area contributed by atoms with Gasteiger partial charge in [0.05, 0.1) is 10.7 Å². The molecule has 0 saturated heterocycles. The molecule has 1 heterocycles. The van der Waals surface area contributed by atoms with Crippen LogP contribution in [0.2, 0.25) is 0 Å². The Balaban J connectivity index is 1.65. The highest BCUT2D eigenvalue weighted by atomic mass is 32.1. The van der Waals surface area contributed by atoms with Crippen molar-refractivity contribution in [3.05, 3.63) is 15.6 Å². The van der Waals surface area contributed by atoms with Crippen molar-refractivity contribution < 1.29 is 0 Å². The summed E-state index contributed by atoms with van der Waals surface area (Å²) in [5, 5.41) is 5.02. The van der Waals surface area contributed by atoms with E-state index in [2.05, 4.69) is 12.2 Å². The Morgan fingerprint density at radius 1 is 1.29 bits per heavy atom. The van der Waals surface area contributed by atoms with Crippen LogP contribution in [0.1, 0.15) is 54.6 Å². The molecular weight excluding hydrogens is 228 g/mol. The fourth-order valence-corrected chi connectivity index (χ4v) is 3.37. The smallest absolute Gasteiger partial charge is 0.0934 e. The van der Waals surface area contributed by atoms with Crippen LogP contribution in [-0.2, 0) is 19.4 Å². The van der Waals surface area contributed by atoms with E-state index in [-0.39, 0.29) is 0 Å². The Bertz CT molecular complexity index is 378. The van der Waals surface area contributed by atoms with Gasteiger partial charge in [0.25, 0.3) is 0 Å². The Morgan fingerprint density at radius 2 is 2.12 bits per heavy atom. The first-order valence-electron chi connectivity index (χ1n) is 7.06. The van der Waals surface area contributed by atoms with Crippen LogP contribution in [0.25, 0.3) is 0 Å². The standard InChI is InChI=1S/C14H22N2S/c1-2-3-12-13(9-15-11-6-7-11)17-14(16-12)8-10-4-5-10/h10-11,15H,2-9H2,1H3. The van der Waals surface area contributed by atoms with Gasteiger partial charge >= 0.3 is 0 Å². The van der Waals surface area contributed by atoms with Gasteiger partial charge in [-0.1, -0.05) is 13.3 Å². The number of rotatable bonds is 7. The van der Waals surface area contributed by atoms with E-state index in [4.69, 9.17) is 4.98 Å². The lowest BCUT2D eigenvalue weighted by molar-refractivity contribution is 0.686. The minimum absolute atomic E-state index is 0.804. The second kappa shape index (κ2) is 5.07. The van der Waals surface area contributed by atoms with Crippen LogP contribution in [0.15, 0.2) is 0 Å². The number of thiazole rings is 1. The van der Waals surface area contributed by atoms with Crippen LogP contribution in [0, 0.1) is 5.92 Å². The van der Waals surface area contributed by atoms with Crippen LogP contribution >= 0.6 is 11.3 Å². The molecule has 0 bridgehead atoms. The zero-order chi connectivity index (χ0) is 11.7. The first-order chi connectivity index (χ1) is 8.35. The first kappa shape index (κ1) is 11.7. The molecule has 0 aromatic carbocycles. The van der Waals surface area contributed by atoms with Crippen LogP contribution in [0.3, 0.4) is 0 Å². The van der Waals surface area contributed by atoms with E-state index < -0.39 is 0 Å². The van der Waals surface area contributed by atoms with Crippen molar-refractivity contribution in [3.63, 3.8) is 0 Å². The van der Waals surface area contributed by atoms with Gasteiger partial charge in [0, 0.05) is 23.9 Å². The zero-order valence-electron chi connectivity index (χ0n) is 10.7. The van der Waals surface area contributed by atoms with Gasteiger partial charge in [0.2, 0.25) is 0 Å². The van der Waals surface area contributed by atoms with Crippen molar-refractivity contribution in [2.24, 2.45) is 5.92 Å². The quantitative estimate of drug-likeness (QED) is 0.803. The van der Waals surface area contributed by atoms with E-state index >= 15 is 0 Å². The van der Waals surface area contributed by atoms with Crippen molar-refractivity contribution in [1.29, 1.82) is 0 Å². The highest BCUT2D eigenvalue weighted by Gasteiger charge is 2.25. The third-order valence-electron chi connectivity index (χ3n) is 3.60. The maximum Gasteiger partial charge on any atom is 0.0934 e. The first-order valence-corrected chi connectivity index (χ1v) is 7.87. The molecule has 2 aliphatic rings. The highest BCUT2D eigenvalue weighted by Crippen LogP contribution is 2.34. The summed E-state index contributed by atoms with van der Waals surface area (Å²) in [6, 6.07) is 0.804. The minimum Gasteiger partial charge on any atom is -0.309 e. The van der Waals surface area contributed by atoms with E-state index in [9.17, 15) is 0 Å². The minimum atomic E-state index is 0.804. The lowest BCUT2D eigenvalue weighted by Gasteiger charge is -2.01. The number of aryl methyl sites for hydroxylation is 1. The summed E-state index contributed by atoms with van der Waals surface area (Å²) in [5.41, 5.74) is 1.38. The van der Waals surface area contributed by atoms with Crippen molar-refractivity contribution in [1.82, 2.24) is 10.3 Å². The average molecular weight is 250 g/mol. The number of nitrogens with one attached hydrogen (secondary N) is 1. The summed E-state index contributed by atoms with van der Waals surface area (Å²) in [6.45, 7) is 3.31. The number of hydrogen-bond acceptors (Lipinski definition) is 3. The normalized spacial score (nSPS) is 19.8. The van der Waals surface area contributed by atoms with E-state index in [1.165, 1.54) is 54.1 Å². The topological polar surface area (TPSA) is 24.9 Å². The third-order valence-corrected chi connectivity index (χ3v) is 4.72. The van der Waals surface area contributed by atoms with E-state index in [0.717, 1.165) is 24.9 Å². The Hall–Kier alpha value is -0.410. The van der Waals surface area contributed by atoms with E-state index in [1.807, 2.05) is 11.3 Å². The molecule has 0 atom stereocenters. The average Bonchev–Trinajstić information content (AvgIpc) is 3.19. The van der Waals surface area contributed by atoms with Crippen LogP contribution in [0.5, 0.6) is 0 Å². The fraction of sp³-hybridized carbons (Fsp3) is 0.786. The molecule has 1 aromatic heterocycles. The number of hydrogen-bond donors (Lipinski definition) is 1. The Labute approximate surface area is 108 Å². The Kier molecular flexibility index (Phi) is 3.48. The predicted molar refractivity (Wildman–Crippen MR) is 72.4 cm³/mol. The van der Waals surface area contributed by atoms with Gasteiger partial charge in [0.15, 0.2) is 0 Å². The summed E-state index contributed by atoms with van der Waals surface area (Å²) in [7, 11) is 0. The second-order valence-electron chi connectivity index (χ2n) is 5.53. The number of nitrogens with zero attached hydrogens (tertiary/aromatic N) is 1. The second-order valence-corrected chi connectivity index (χ2v) is 6.70. The molecule has 0 unspecified atom stereocenters. The molecule has 0 radical (unpaired) electrons. The van der Waals surface area contributed by atoms with Gasteiger partial charge in [-0.25, -0.2) is 4.98 Å². The van der Waals surface area contributed by atoms with Gasteiger partial charge < -0.3 is 5.32 Å². The van der Waals surface area contributed by atoms with Gasteiger partial charge in [-0.3, -0.25) is 0 Å². The maximum absolute atomic E-state index is 4.86. The monoisotopic (exact) mass is 250 g/mol. The molecule has 0 aliphatic heterocycles. The predicted octanol–water partition coefficient (Wildman–Crippen LogP) is 3.30. The molecule has 2 aliphatic carbocycles. The van der Waals surface area contributed by atoms with Gasteiger partial charge in [-0.2, -0.15) is 0 Å². The lowest BCUT2D eigenvalue weighted by atomic mass is 10.2. The summed E-state index contributed by atoms with van der Waals surface area (Å²) >= 11 is 1.96. The summed E-state index contributed by atoms with van der Waals surface area (Å²) in [4.78, 5) is 6.37. The molecule has 0 amide bonds. The lowest BCUT2D eigenvalue weighted by Crippen LogP contribution is -2.15. The summed E-state index contributed by atoms with van der Waals surface area (Å²) in [6.07, 6.45) is 9.21. The van der Waals surface area contributed by atoms with Gasteiger partial charge in [0.1, 0.15) is 0 Å². The van der Waals surface area contributed by atoms with E-state index in [0.29, 0.717) is 0 Å². The van der Waals surface area contributed by atoms with Crippen molar-refractivity contribution >= 4 is 11.3 Å². The highest BCUT2D eigenvalue weighted by molar-refractivity contribution is 7.11. The maximum atomic E-state index is 4.86. The molecule has 17 heavy (non-hydrogen) atoms. The number of aromatic nitrogens is 1. The van der Waals surface area contributed by atoms with Gasteiger partial charge in [-0.15, -0.1) is 11.3 Å². The molecule has 1 N–H and O–H groups in total. The molecule has 3 rings (SSSR count). The Morgan fingerprint density at radius 3 is 2.76 bits per heavy atom. The molecule has 1 aromatic rings. The molecular formula is C14H22N2S. The van der Waals surface area contributed by atoms with Crippen molar-refractivity contribution in [3.8, 4) is 0 Å². The summed E-state index contributed by atoms with van der Waals surface area (Å²) in [5.74, 6) is 0.958. The van der Waals surface area contributed by atoms with Crippen LogP contribution < -0.4 is 5.32 Å². The molecule has 2 saturated carbocycles. The van der Waals surface area contributed by atoms with Crippen LogP contribution in [-0.4, -0.2) is 11.0 Å². The van der Waals surface area contributed by atoms with Crippen LogP contribution in [0.4, 0.5) is 0 Å². The molecule has 0 spiro atoms. The van der Waals surface area contributed by atoms with Crippen molar-refractivity contribution in [2.75, 3.05) is 0 Å². The largest absolute Gasteiger partial charge is 0.309 e. The SMILES string of the molecule is CCCc1nc(CC2CC2)sc1CNC1CC1. The van der Waals surface area contributed by atoms with Gasteiger partial charge in [-0.05, 0) is 38.0 Å². The summed E-state index contributed by atoms with van der Waals surface area (Å²) < 4.78 is 0. The molecule has 3 heteroatoms. The zero-order valence-corrected chi connectivity index (χ0v) is 11.5. The molecule has 2 fully saturated rings. The molecule has 94 valence electrons. The van der Waals surface area contributed by atoms with Crippen molar-refractivity contribution in [2.45, 2.75) is 64.5 Å². The van der Waals surface area contributed by atoms with E-state index in [1.54, 1.807) is 0 Å². The fourth-order valence-electron chi connectivity index (χ4n) is 2.19. The third kappa shape index (κ3) is 3.29.